The molecule has 3 atom stereocenters. The Morgan fingerprint density at radius 2 is 1.96 bits per heavy atom. The zero-order valence-corrected chi connectivity index (χ0v) is 15.3. The van der Waals surface area contributed by atoms with Gasteiger partial charge < -0.3 is 10.0 Å². The minimum Gasteiger partial charge on any atom is -0.480 e. The molecule has 4 rings (SSSR count). The second kappa shape index (κ2) is 6.75. The molecule has 0 aromatic carbocycles. The Hall–Kier alpha value is -2.35. The van der Waals surface area contributed by atoms with Crippen molar-refractivity contribution in [1.29, 1.82) is 0 Å². The Morgan fingerprint density at radius 3 is 2.69 bits per heavy atom. The summed E-state index contributed by atoms with van der Waals surface area (Å²) in [6.07, 6.45) is 7.86. The average molecular weight is 372 g/mol. The lowest BCUT2D eigenvalue weighted by Gasteiger charge is -2.32. The van der Waals surface area contributed by atoms with E-state index >= 15 is 0 Å². The van der Waals surface area contributed by atoms with Crippen LogP contribution in [-0.4, -0.2) is 48.9 Å². The zero-order valence-electron chi connectivity index (χ0n) is 14.5. The Bertz CT molecular complexity index is 838. The summed E-state index contributed by atoms with van der Waals surface area (Å²) in [5.41, 5.74) is 0.603. The number of thiazole rings is 1. The molecule has 0 bridgehead atoms. The molecule has 3 unspecified atom stereocenters. The number of carboxylic acid groups (broad SMARTS) is 1. The third kappa shape index (κ3) is 2.88. The first-order valence-electron chi connectivity index (χ1n) is 8.86. The van der Waals surface area contributed by atoms with Crippen molar-refractivity contribution in [3.63, 3.8) is 0 Å². The molecular weight excluding hydrogens is 352 g/mol. The largest absolute Gasteiger partial charge is 0.480 e. The number of hydrogen-bond acceptors (Lipinski definition) is 6. The van der Waals surface area contributed by atoms with E-state index in [0.29, 0.717) is 33.7 Å². The standard InChI is InChI=1S/C18H20N4O3S/c1-10-14(26-16(21-10)15-19-7-4-8-20-15)17(23)22-12-6-3-2-5-11(12)9-13(22)18(24)25/h4,7-8,11-13H,2-3,5-6,9H2,1H3,(H,24,25). The number of aryl methyl sites for hydroxylation is 1. The van der Waals surface area contributed by atoms with E-state index in [4.69, 9.17) is 0 Å². The van der Waals surface area contributed by atoms with Crippen molar-refractivity contribution < 1.29 is 14.7 Å². The first kappa shape index (κ1) is 17.1. The van der Waals surface area contributed by atoms with Crippen LogP contribution in [0, 0.1) is 12.8 Å². The van der Waals surface area contributed by atoms with Crippen molar-refractivity contribution in [1.82, 2.24) is 19.9 Å². The van der Waals surface area contributed by atoms with Crippen LogP contribution in [0.3, 0.4) is 0 Å². The molecule has 1 amide bonds. The molecule has 26 heavy (non-hydrogen) atoms. The predicted molar refractivity (Wildman–Crippen MR) is 95.8 cm³/mol. The number of carbonyl (C=O) groups excluding carboxylic acids is 1. The highest BCUT2D eigenvalue weighted by Crippen LogP contribution is 2.41. The second-order valence-corrected chi connectivity index (χ2v) is 7.92. The monoisotopic (exact) mass is 372 g/mol. The topological polar surface area (TPSA) is 96.3 Å². The summed E-state index contributed by atoms with van der Waals surface area (Å²) >= 11 is 1.24. The van der Waals surface area contributed by atoms with Gasteiger partial charge in [-0.1, -0.05) is 12.8 Å². The molecule has 1 saturated heterocycles. The summed E-state index contributed by atoms with van der Waals surface area (Å²) in [6, 6.07) is 1.00. The molecule has 1 aliphatic heterocycles. The van der Waals surface area contributed by atoms with Gasteiger partial charge in [-0.3, -0.25) is 4.79 Å². The number of rotatable bonds is 3. The minimum atomic E-state index is -0.915. The molecule has 1 aliphatic carbocycles. The van der Waals surface area contributed by atoms with Gasteiger partial charge in [-0.15, -0.1) is 11.3 Å². The van der Waals surface area contributed by atoms with Crippen LogP contribution < -0.4 is 0 Å². The van der Waals surface area contributed by atoms with Gasteiger partial charge in [0.25, 0.3) is 5.91 Å². The van der Waals surface area contributed by atoms with Crippen LogP contribution in [0.4, 0.5) is 0 Å². The molecule has 8 heteroatoms. The van der Waals surface area contributed by atoms with E-state index in [1.807, 2.05) is 0 Å². The number of likely N-dealkylation sites (tertiary alicyclic amines) is 1. The van der Waals surface area contributed by atoms with Crippen molar-refractivity contribution in [2.75, 3.05) is 0 Å². The summed E-state index contributed by atoms with van der Waals surface area (Å²) < 4.78 is 0. The maximum atomic E-state index is 13.3. The molecule has 2 aromatic rings. The third-order valence-electron chi connectivity index (χ3n) is 5.36. The van der Waals surface area contributed by atoms with Gasteiger partial charge in [-0.2, -0.15) is 0 Å². The molecule has 3 heterocycles. The molecular formula is C18H20N4O3S. The number of hydrogen-bond donors (Lipinski definition) is 1. The maximum Gasteiger partial charge on any atom is 0.326 e. The van der Waals surface area contributed by atoms with Gasteiger partial charge in [0.05, 0.1) is 5.69 Å². The third-order valence-corrected chi connectivity index (χ3v) is 6.50. The Morgan fingerprint density at radius 1 is 1.23 bits per heavy atom. The molecule has 1 saturated carbocycles. The Kier molecular flexibility index (Phi) is 4.44. The molecule has 0 spiro atoms. The lowest BCUT2D eigenvalue weighted by atomic mass is 9.85. The number of nitrogens with zero attached hydrogens (tertiary/aromatic N) is 4. The summed E-state index contributed by atoms with van der Waals surface area (Å²) in [5.74, 6) is -0.365. The number of amides is 1. The molecule has 0 radical (unpaired) electrons. The van der Waals surface area contributed by atoms with Gasteiger partial charge in [-0.25, -0.2) is 19.7 Å². The minimum absolute atomic E-state index is 0.0234. The van der Waals surface area contributed by atoms with E-state index < -0.39 is 12.0 Å². The highest BCUT2D eigenvalue weighted by Gasteiger charge is 2.48. The van der Waals surface area contributed by atoms with Crippen LogP contribution in [0.15, 0.2) is 18.5 Å². The first-order chi connectivity index (χ1) is 12.6. The van der Waals surface area contributed by atoms with E-state index in [0.717, 1.165) is 25.7 Å². The molecule has 1 N–H and O–H groups in total. The predicted octanol–water partition coefficient (Wildman–Crippen LogP) is 2.77. The summed E-state index contributed by atoms with van der Waals surface area (Å²) in [5, 5.41) is 10.2. The van der Waals surface area contributed by atoms with Crippen LogP contribution >= 0.6 is 11.3 Å². The maximum absolute atomic E-state index is 13.3. The van der Waals surface area contributed by atoms with E-state index in [9.17, 15) is 14.7 Å². The van der Waals surface area contributed by atoms with Crippen LogP contribution in [0.25, 0.3) is 10.8 Å². The van der Waals surface area contributed by atoms with Crippen molar-refractivity contribution in [2.45, 2.75) is 51.1 Å². The lowest BCUT2D eigenvalue weighted by molar-refractivity contribution is -0.141. The highest BCUT2D eigenvalue weighted by molar-refractivity contribution is 7.17. The van der Waals surface area contributed by atoms with Gasteiger partial charge in [-0.05, 0) is 38.2 Å². The van der Waals surface area contributed by atoms with Gasteiger partial charge >= 0.3 is 5.97 Å². The van der Waals surface area contributed by atoms with Gasteiger partial charge in [0, 0.05) is 18.4 Å². The lowest BCUT2D eigenvalue weighted by Crippen LogP contribution is -2.46. The van der Waals surface area contributed by atoms with E-state index in [1.165, 1.54) is 11.3 Å². The van der Waals surface area contributed by atoms with Crippen LogP contribution in [-0.2, 0) is 4.79 Å². The highest BCUT2D eigenvalue weighted by atomic mass is 32.1. The number of carbonyl (C=O) groups is 2. The van der Waals surface area contributed by atoms with E-state index in [1.54, 1.807) is 30.3 Å². The number of fused-ring (bicyclic) bond motifs is 1. The van der Waals surface area contributed by atoms with Crippen molar-refractivity contribution in [3.05, 3.63) is 29.0 Å². The first-order valence-corrected chi connectivity index (χ1v) is 9.68. The molecule has 2 aromatic heterocycles. The summed E-state index contributed by atoms with van der Waals surface area (Å²) in [6.45, 7) is 1.78. The second-order valence-electron chi connectivity index (χ2n) is 6.92. The fourth-order valence-electron chi connectivity index (χ4n) is 4.19. The van der Waals surface area contributed by atoms with Crippen molar-refractivity contribution >= 4 is 23.2 Å². The van der Waals surface area contributed by atoms with Gasteiger partial charge in [0.2, 0.25) is 0 Å². The molecule has 2 aliphatic rings. The van der Waals surface area contributed by atoms with Crippen LogP contribution in [0.1, 0.15) is 47.5 Å². The molecule has 136 valence electrons. The van der Waals surface area contributed by atoms with Crippen molar-refractivity contribution in [3.8, 4) is 10.8 Å². The fourth-order valence-corrected chi connectivity index (χ4v) is 5.15. The fraction of sp³-hybridized carbons (Fsp3) is 0.500. The van der Waals surface area contributed by atoms with E-state index in [2.05, 4.69) is 15.0 Å². The number of aliphatic carboxylic acids is 1. The Labute approximate surface area is 155 Å². The Balaban J connectivity index is 1.68. The van der Waals surface area contributed by atoms with E-state index in [-0.39, 0.29) is 11.9 Å². The van der Waals surface area contributed by atoms with Gasteiger partial charge in [0.1, 0.15) is 10.9 Å². The summed E-state index contributed by atoms with van der Waals surface area (Å²) in [7, 11) is 0. The van der Waals surface area contributed by atoms with Crippen molar-refractivity contribution in [2.24, 2.45) is 5.92 Å². The normalized spacial score (nSPS) is 25.1. The zero-order chi connectivity index (χ0) is 18.3. The van der Waals surface area contributed by atoms with Crippen LogP contribution in [0.2, 0.25) is 0 Å². The van der Waals surface area contributed by atoms with Gasteiger partial charge in [0.15, 0.2) is 10.8 Å². The smallest absolute Gasteiger partial charge is 0.326 e. The molecule has 7 nitrogen and oxygen atoms in total. The number of aromatic nitrogens is 3. The SMILES string of the molecule is Cc1nc(-c2ncccn2)sc1C(=O)N1C(C(=O)O)CC2CCCCC21. The quantitative estimate of drug-likeness (QED) is 0.890. The molecule has 2 fully saturated rings. The summed E-state index contributed by atoms with van der Waals surface area (Å²) in [4.78, 5) is 40.0. The van der Waals surface area contributed by atoms with Crippen LogP contribution in [0.5, 0.6) is 0 Å². The number of carboxylic acids is 1. The average Bonchev–Trinajstić information content (AvgIpc) is 3.23.